The number of carbonyl (C=O) groups excluding carboxylic acids is 2. The average Bonchev–Trinajstić information content (AvgIpc) is 2.96. The maximum Gasteiger partial charge on any atom is 0.272 e. The van der Waals surface area contributed by atoms with Gasteiger partial charge in [-0.2, -0.15) is 0 Å². The summed E-state index contributed by atoms with van der Waals surface area (Å²) in [5, 5.41) is 5.50. The van der Waals surface area contributed by atoms with Crippen LogP contribution >= 0.6 is 0 Å². The molecule has 1 aliphatic heterocycles. The van der Waals surface area contributed by atoms with Gasteiger partial charge >= 0.3 is 0 Å². The smallest absolute Gasteiger partial charge is 0.272 e. The fraction of sp³-hybridized carbons (Fsp3) is 0.632. The van der Waals surface area contributed by atoms with E-state index in [1.54, 1.807) is 14.2 Å². The topological polar surface area (TPSA) is 88.5 Å². The highest BCUT2D eigenvalue weighted by molar-refractivity contribution is 5.97. The first-order valence-corrected chi connectivity index (χ1v) is 9.15. The SMILES string of the molecule is CNC(=O)C(NC(=O)c1nc(C=CCOC)n2c1CN(C)CC2)C(C)(C)C. The van der Waals surface area contributed by atoms with Crippen LogP contribution in [0.2, 0.25) is 0 Å². The molecule has 0 bridgehead atoms. The predicted octanol–water partition coefficient (Wildman–Crippen LogP) is 0.879. The Bertz CT molecular complexity index is 718. The van der Waals surface area contributed by atoms with Gasteiger partial charge < -0.3 is 19.9 Å². The zero-order valence-electron chi connectivity index (χ0n) is 17.1. The number of hydrogen-bond acceptors (Lipinski definition) is 5. The van der Waals surface area contributed by atoms with Crippen molar-refractivity contribution in [3.05, 3.63) is 23.3 Å². The van der Waals surface area contributed by atoms with Gasteiger partial charge in [-0.05, 0) is 18.5 Å². The van der Waals surface area contributed by atoms with E-state index >= 15 is 0 Å². The number of ether oxygens (including phenoxy) is 1. The minimum atomic E-state index is -0.652. The molecule has 150 valence electrons. The van der Waals surface area contributed by atoms with Crippen molar-refractivity contribution in [1.82, 2.24) is 25.1 Å². The van der Waals surface area contributed by atoms with Gasteiger partial charge in [-0.3, -0.25) is 14.5 Å². The Kier molecular flexibility index (Phi) is 6.78. The summed E-state index contributed by atoms with van der Waals surface area (Å²) in [5.74, 6) is 0.178. The molecule has 0 saturated carbocycles. The number of fused-ring (bicyclic) bond motifs is 1. The summed E-state index contributed by atoms with van der Waals surface area (Å²) in [7, 11) is 5.21. The number of rotatable bonds is 6. The second kappa shape index (κ2) is 8.67. The number of methoxy groups -OCH3 is 1. The molecule has 0 radical (unpaired) electrons. The van der Waals surface area contributed by atoms with E-state index in [-0.39, 0.29) is 11.8 Å². The molecule has 2 heterocycles. The molecule has 2 rings (SSSR count). The van der Waals surface area contributed by atoms with Gasteiger partial charge in [0.2, 0.25) is 5.91 Å². The number of carbonyl (C=O) groups is 2. The van der Waals surface area contributed by atoms with Crippen LogP contribution in [0.1, 0.15) is 42.8 Å². The van der Waals surface area contributed by atoms with Gasteiger partial charge in [0.1, 0.15) is 11.9 Å². The first-order chi connectivity index (χ1) is 12.7. The number of amides is 2. The molecule has 2 N–H and O–H groups in total. The van der Waals surface area contributed by atoms with E-state index in [4.69, 9.17) is 4.74 Å². The van der Waals surface area contributed by atoms with E-state index in [0.29, 0.717) is 18.8 Å². The normalized spacial score (nSPS) is 16.2. The van der Waals surface area contributed by atoms with E-state index in [0.717, 1.165) is 24.6 Å². The van der Waals surface area contributed by atoms with Crippen LogP contribution in [0.4, 0.5) is 0 Å². The fourth-order valence-corrected chi connectivity index (χ4v) is 3.10. The first kappa shape index (κ1) is 21.1. The van der Waals surface area contributed by atoms with Crippen molar-refractivity contribution in [2.45, 2.75) is 39.9 Å². The fourth-order valence-electron chi connectivity index (χ4n) is 3.10. The van der Waals surface area contributed by atoms with Crippen LogP contribution in [0.15, 0.2) is 6.08 Å². The van der Waals surface area contributed by atoms with Gasteiger partial charge in [-0.25, -0.2) is 4.98 Å². The van der Waals surface area contributed by atoms with E-state index in [9.17, 15) is 9.59 Å². The van der Waals surface area contributed by atoms with Crippen LogP contribution in [0.25, 0.3) is 6.08 Å². The van der Waals surface area contributed by atoms with Crippen molar-refractivity contribution in [2.24, 2.45) is 5.41 Å². The molecule has 1 aromatic rings. The average molecular weight is 377 g/mol. The minimum Gasteiger partial charge on any atom is -0.381 e. The van der Waals surface area contributed by atoms with Gasteiger partial charge in [-0.15, -0.1) is 0 Å². The summed E-state index contributed by atoms with van der Waals surface area (Å²) in [6.45, 7) is 8.52. The molecule has 1 aliphatic rings. The van der Waals surface area contributed by atoms with Gasteiger partial charge in [0.25, 0.3) is 5.91 Å². The standard InChI is InChI=1S/C19H31N5O3/c1-19(2,3)16(18(26)20-4)22-17(25)15-13-12-23(5)9-10-24(13)14(21-15)8-7-11-27-6/h7-8,16H,9-12H2,1-6H3,(H,20,26)(H,22,25). The van der Waals surface area contributed by atoms with Gasteiger partial charge in [0, 0.05) is 33.8 Å². The maximum absolute atomic E-state index is 13.0. The largest absolute Gasteiger partial charge is 0.381 e. The Morgan fingerprint density at radius 3 is 2.63 bits per heavy atom. The molecule has 0 aromatic carbocycles. The van der Waals surface area contributed by atoms with Crippen LogP contribution in [0.5, 0.6) is 0 Å². The van der Waals surface area contributed by atoms with Crippen LogP contribution < -0.4 is 10.6 Å². The van der Waals surface area contributed by atoms with Crippen LogP contribution in [0, 0.1) is 5.41 Å². The lowest BCUT2D eigenvalue weighted by molar-refractivity contribution is -0.124. The summed E-state index contributed by atoms with van der Waals surface area (Å²) in [5.41, 5.74) is 0.813. The molecule has 2 amide bonds. The minimum absolute atomic E-state index is 0.221. The molecular formula is C19H31N5O3. The van der Waals surface area contributed by atoms with E-state index < -0.39 is 11.5 Å². The molecule has 27 heavy (non-hydrogen) atoms. The molecular weight excluding hydrogens is 346 g/mol. The Morgan fingerprint density at radius 1 is 1.33 bits per heavy atom. The van der Waals surface area contributed by atoms with Crippen molar-refractivity contribution in [3.63, 3.8) is 0 Å². The van der Waals surface area contributed by atoms with Crippen LogP contribution in [-0.2, 0) is 22.6 Å². The summed E-state index contributed by atoms with van der Waals surface area (Å²) in [6, 6.07) is -0.652. The number of hydrogen-bond donors (Lipinski definition) is 2. The van der Waals surface area contributed by atoms with Crippen molar-refractivity contribution in [1.29, 1.82) is 0 Å². The number of nitrogens with one attached hydrogen (secondary N) is 2. The van der Waals surface area contributed by atoms with Crippen LogP contribution in [-0.4, -0.2) is 66.7 Å². The Labute approximate surface area is 161 Å². The van der Waals surface area contributed by atoms with E-state index in [1.165, 1.54) is 0 Å². The molecule has 0 aliphatic carbocycles. The Hall–Kier alpha value is -2.19. The highest BCUT2D eigenvalue weighted by Crippen LogP contribution is 2.23. The molecule has 1 unspecified atom stereocenters. The van der Waals surface area contributed by atoms with Gasteiger partial charge in [0.15, 0.2) is 5.69 Å². The number of aromatic nitrogens is 2. The Morgan fingerprint density at radius 2 is 2.04 bits per heavy atom. The highest BCUT2D eigenvalue weighted by Gasteiger charge is 2.34. The summed E-state index contributed by atoms with van der Waals surface area (Å²) >= 11 is 0. The lowest BCUT2D eigenvalue weighted by Gasteiger charge is -2.30. The zero-order valence-corrected chi connectivity index (χ0v) is 17.1. The maximum atomic E-state index is 13.0. The molecule has 8 nitrogen and oxygen atoms in total. The third kappa shape index (κ3) is 4.95. The van der Waals surface area contributed by atoms with Crippen LogP contribution in [0.3, 0.4) is 0 Å². The van der Waals surface area contributed by atoms with Crippen molar-refractivity contribution in [3.8, 4) is 0 Å². The molecule has 0 fully saturated rings. The van der Waals surface area contributed by atoms with Gasteiger partial charge in [-0.1, -0.05) is 26.8 Å². The third-order valence-corrected chi connectivity index (χ3v) is 4.62. The lowest BCUT2D eigenvalue weighted by atomic mass is 9.86. The number of likely N-dealkylation sites (N-methyl/N-ethyl adjacent to an activating group) is 2. The summed E-state index contributed by atoms with van der Waals surface area (Å²) < 4.78 is 7.11. The lowest BCUT2D eigenvalue weighted by Crippen LogP contribution is -2.53. The van der Waals surface area contributed by atoms with Crippen molar-refractivity contribution in [2.75, 3.05) is 34.4 Å². The van der Waals surface area contributed by atoms with Crippen molar-refractivity contribution < 1.29 is 14.3 Å². The Balaban J connectivity index is 2.36. The number of nitrogens with zero attached hydrogens (tertiary/aromatic N) is 3. The summed E-state index contributed by atoms with van der Waals surface area (Å²) in [4.78, 5) is 32.0. The second-order valence-electron chi connectivity index (χ2n) is 7.90. The molecule has 1 atom stereocenters. The second-order valence-corrected chi connectivity index (χ2v) is 7.90. The number of imidazole rings is 1. The predicted molar refractivity (Wildman–Crippen MR) is 104 cm³/mol. The van der Waals surface area contributed by atoms with E-state index in [1.807, 2.05) is 40.0 Å². The quantitative estimate of drug-likeness (QED) is 0.768. The highest BCUT2D eigenvalue weighted by atomic mass is 16.5. The summed E-state index contributed by atoms with van der Waals surface area (Å²) in [6.07, 6.45) is 3.74. The molecule has 1 aromatic heterocycles. The monoisotopic (exact) mass is 377 g/mol. The van der Waals surface area contributed by atoms with Crippen molar-refractivity contribution >= 4 is 17.9 Å². The third-order valence-electron chi connectivity index (χ3n) is 4.62. The molecule has 8 heteroatoms. The zero-order chi connectivity index (χ0) is 20.2. The molecule has 0 saturated heterocycles. The molecule has 0 spiro atoms. The first-order valence-electron chi connectivity index (χ1n) is 9.15. The van der Waals surface area contributed by atoms with E-state index in [2.05, 4.69) is 25.1 Å². The van der Waals surface area contributed by atoms with Gasteiger partial charge in [0.05, 0.1) is 12.3 Å².